The van der Waals surface area contributed by atoms with Gasteiger partial charge in [-0.25, -0.2) is 8.42 Å². The number of ketones is 1. The van der Waals surface area contributed by atoms with E-state index in [0.29, 0.717) is 41.9 Å². The summed E-state index contributed by atoms with van der Waals surface area (Å²) in [7, 11) is -3.96. The van der Waals surface area contributed by atoms with Crippen LogP contribution in [0.25, 0.3) is 0 Å². The van der Waals surface area contributed by atoms with Crippen molar-refractivity contribution in [2.45, 2.75) is 69.6 Å². The van der Waals surface area contributed by atoms with Crippen LogP contribution in [-0.4, -0.2) is 31.5 Å². The minimum atomic E-state index is -3.96. The van der Waals surface area contributed by atoms with E-state index in [1.807, 2.05) is 19.9 Å². The monoisotopic (exact) mass is 458 g/mol. The van der Waals surface area contributed by atoms with Crippen LogP contribution >= 0.6 is 0 Å². The lowest BCUT2D eigenvalue weighted by Crippen LogP contribution is -2.45. The van der Waals surface area contributed by atoms with E-state index >= 15 is 0 Å². The van der Waals surface area contributed by atoms with Crippen LogP contribution in [0.2, 0.25) is 0 Å². The van der Waals surface area contributed by atoms with Crippen LogP contribution in [0, 0.1) is 13.8 Å². The highest BCUT2D eigenvalue weighted by Gasteiger charge is 2.54. The fourth-order valence-electron chi connectivity index (χ4n) is 4.22. The van der Waals surface area contributed by atoms with Gasteiger partial charge < -0.3 is 9.47 Å². The Balaban J connectivity index is 1.94. The lowest BCUT2D eigenvalue weighted by atomic mass is 10.1. The van der Waals surface area contributed by atoms with E-state index < -0.39 is 20.6 Å². The molecule has 1 fully saturated rings. The Bertz CT molecular complexity index is 1130. The fourth-order valence-corrected chi connectivity index (χ4v) is 6.58. The summed E-state index contributed by atoms with van der Waals surface area (Å²) in [4.78, 5) is 25.3. The largest absolute Gasteiger partial charge is 0.493 e. The van der Waals surface area contributed by atoms with Gasteiger partial charge in [-0.3, -0.25) is 9.59 Å². The van der Waals surface area contributed by atoms with Crippen LogP contribution in [-0.2, 0) is 26.0 Å². The van der Waals surface area contributed by atoms with Crippen molar-refractivity contribution in [3.8, 4) is 5.75 Å². The predicted molar refractivity (Wildman–Crippen MR) is 122 cm³/mol. The number of sulfone groups is 1. The van der Waals surface area contributed by atoms with E-state index in [2.05, 4.69) is 0 Å². The van der Waals surface area contributed by atoms with Gasteiger partial charge in [0.25, 0.3) is 0 Å². The summed E-state index contributed by atoms with van der Waals surface area (Å²) in [5.41, 5.74) is 2.43. The van der Waals surface area contributed by atoms with Crippen molar-refractivity contribution in [2.75, 3.05) is 6.61 Å². The van der Waals surface area contributed by atoms with E-state index in [-0.39, 0.29) is 30.1 Å². The second kappa shape index (κ2) is 9.45. The third-order valence-electron chi connectivity index (χ3n) is 6.06. The molecule has 0 N–H and O–H groups in total. The number of ether oxygens (including phenoxy) is 2. The molecule has 172 valence electrons. The topological polar surface area (TPSA) is 86.7 Å². The molecular formula is C25H30O6S. The molecule has 32 heavy (non-hydrogen) atoms. The number of esters is 1. The molecule has 1 saturated carbocycles. The average molecular weight is 459 g/mol. The Labute approximate surface area is 189 Å². The van der Waals surface area contributed by atoms with Crippen LogP contribution < -0.4 is 4.74 Å². The van der Waals surface area contributed by atoms with Gasteiger partial charge in [-0.15, -0.1) is 0 Å². The molecule has 2 aromatic rings. The molecule has 0 aromatic heterocycles. The molecule has 0 radical (unpaired) electrons. The molecule has 1 aliphatic rings. The van der Waals surface area contributed by atoms with E-state index in [0.717, 1.165) is 5.56 Å². The van der Waals surface area contributed by atoms with Crippen molar-refractivity contribution in [3.05, 3.63) is 58.7 Å². The van der Waals surface area contributed by atoms with Gasteiger partial charge in [-0.2, -0.15) is 0 Å². The Hall–Kier alpha value is -2.67. The van der Waals surface area contributed by atoms with E-state index in [1.165, 1.54) is 6.92 Å². The summed E-state index contributed by atoms with van der Waals surface area (Å²) in [6.45, 7) is 7.09. The zero-order chi connectivity index (χ0) is 23.5. The number of carbonyl (C=O) groups excluding carboxylic acids is 2. The van der Waals surface area contributed by atoms with Crippen LogP contribution in [0.3, 0.4) is 0 Å². The van der Waals surface area contributed by atoms with Crippen LogP contribution in [0.4, 0.5) is 0 Å². The average Bonchev–Trinajstić information content (AvgIpc) is 3.26. The molecule has 0 saturated heterocycles. The van der Waals surface area contributed by atoms with Crippen LogP contribution in [0.5, 0.6) is 5.75 Å². The molecule has 0 heterocycles. The lowest BCUT2D eigenvalue weighted by Gasteiger charge is -2.27. The standard InChI is InChI=1S/C25H30O6S/c1-5-30-22-11-10-20(19(4)26)15-21(22)16-31-24(27)25(12-6-7-13-25)32(28,29)23-14-17(2)8-9-18(23)3/h8-11,14-15H,5-7,12-13,16H2,1-4H3. The molecule has 2 aromatic carbocycles. The van der Waals surface area contributed by atoms with Crippen molar-refractivity contribution >= 4 is 21.6 Å². The summed E-state index contributed by atoms with van der Waals surface area (Å²) in [6, 6.07) is 10.2. The van der Waals surface area contributed by atoms with Gasteiger partial charge in [0, 0.05) is 11.1 Å². The summed E-state index contributed by atoms with van der Waals surface area (Å²) in [5, 5.41) is 0. The zero-order valence-electron chi connectivity index (χ0n) is 19.1. The van der Waals surface area contributed by atoms with Gasteiger partial charge in [0.15, 0.2) is 20.4 Å². The minimum Gasteiger partial charge on any atom is -0.493 e. The number of hydrogen-bond donors (Lipinski definition) is 0. The Morgan fingerprint density at radius 1 is 1.03 bits per heavy atom. The molecule has 0 bridgehead atoms. The normalized spacial score (nSPS) is 15.4. The molecule has 7 heteroatoms. The SMILES string of the molecule is CCOc1ccc(C(C)=O)cc1COC(=O)C1(S(=O)(=O)c2cc(C)ccc2C)CCCC1. The van der Waals surface area contributed by atoms with Gasteiger partial charge in [0.1, 0.15) is 12.4 Å². The van der Waals surface area contributed by atoms with Gasteiger partial charge in [-0.1, -0.05) is 25.0 Å². The fraction of sp³-hybridized carbons (Fsp3) is 0.440. The molecule has 1 aliphatic carbocycles. The molecule has 6 nitrogen and oxygen atoms in total. The van der Waals surface area contributed by atoms with Crippen molar-refractivity contribution in [1.82, 2.24) is 0 Å². The zero-order valence-corrected chi connectivity index (χ0v) is 19.9. The smallest absolute Gasteiger partial charge is 0.328 e. The molecule has 0 aliphatic heterocycles. The Morgan fingerprint density at radius 3 is 2.34 bits per heavy atom. The summed E-state index contributed by atoms with van der Waals surface area (Å²) in [5.74, 6) is -0.361. The molecule has 0 unspecified atom stereocenters. The van der Waals surface area contributed by atoms with E-state index in [4.69, 9.17) is 9.47 Å². The number of hydrogen-bond acceptors (Lipinski definition) is 6. The first-order valence-corrected chi connectivity index (χ1v) is 12.4. The second-order valence-corrected chi connectivity index (χ2v) is 10.6. The molecule has 3 rings (SSSR count). The first-order chi connectivity index (χ1) is 15.1. The minimum absolute atomic E-state index is 0.120. The quantitative estimate of drug-likeness (QED) is 0.420. The predicted octanol–water partition coefficient (Wildman–Crippen LogP) is 4.73. The van der Waals surface area contributed by atoms with Crippen molar-refractivity contribution in [2.24, 2.45) is 0 Å². The maximum atomic E-state index is 13.7. The third kappa shape index (κ3) is 4.44. The number of Topliss-reactive ketones (excluding diaryl/α,β-unsaturated/α-hetero) is 1. The summed E-state index contributed by atoms with van der Waals surface area (Å²) in [6.07, 6.45) is 1.74. The van der Waals surface area contributed by atoms with Gasteiger partial charge in [0.05, 0.1) is 11.5 Å². The maximum absolute atomic E-state index is 13.7. The van der Waals surface area contributed by atoms with Crippen molar-refractivity contribution < 1.29 is 27.5 Å². The number of carbonyl (C=O) groups is 2. The first kappa shape index (κ1) is 24.0. The van der Waals surface area contributed by atoms with Crippen LogP contribution in [0.1, 0.15) is 66.6 Å². The first-order valence-electron chi connectivity index (χ1n) is 10.9. The van der Waals surface area contributed by atoms with Crippen molar-refractivity contribution in [1.29, 1.82) is 0 Å². The maximum Gasteiger partial charge on any atom is 0.328 e. The van der Waals surface area contributed by atoms with Crippen LogP contribution in [0.15, 0.2) is 41.3 Å². The Morgan fingerprint density at radius 2 is 1.72 bits per heavy atom. The van der Waals surface area contributed by atoms with E-state index in [1.54, 1.807) is 37.3 Å². The van der Waals surface area contributed by atoms with E-state index in [9.17, 15) is 18.0 Å². The third-order valence-corrected chi connectivity index (χ3v) is 8.68. The number of benzene rings is 2. The summed E-state index contributed by atoms with van der Waals surface area (Å²) >= 11 is 0. The molecule has 0 spiro atoms. The molecular weight excluding hydrogens is 428 g/mol. The number of rotatable bonds is 8. The lowest BCUT2D eigenvalue weighted by molar-refractivity contribution is -0.148. The highest BCUT2D eigenvalue weighted by atomic mass is 32.2. The number of aryl methyl sites for hydroxylation is 2. The van der Waals surface area contributed by atoms with Gasteiger partial charge >= 0.3 is 5.97 Å². The van der Waals surface area contributed by atoms with Gasteiger partial charge in [-0.05, 0) is 75.9 Å². The second-order valence-electron chi connectivity index (χ2n) is 8.36. The van der Waals surface area contributed by atoms with Gasteiger partial charge in [0.2, 0.25) is 0 Å². The molecule has 0 amide bonds. The highest BCUT2D eigenvalue weighted by molar-refractivity contribution is 7.93. The highest BCUT2D eigenvalue weighted by Crippen LogP contribution is 2.42. The Kier molecular flexibility index (Phi) is 7.08. The summed E-state index contributed by atoms with van der Waals surface area (Å²) < 4.78 is 37.1. The van der Waals surface area contributed by atoms with Crippen molar-refractivity contribution in [3.63, 3.8) is 0 Å². The molecule has 0 atom stereocenters.